The van der Waals surface area contributed by atoms with Crippen LogP contribution in [0.4, 0.5) is 0 Å². The Morgan fingerprint density at radius 1 is 1.32 bits per heavy atom. The van der Waals surface area contributed by atoms with Crippen LogP contribution in [0.15, 0.2) is 0 Å². The fraction of sp³-hybridized carbons (Fsp3) is 0.857. The Bertz CT molecular complexity index is 351. The maximum atomic E-state index is 12.5. The van der Waals surface area contributed by atoms with E-state index in [9.17, 15) is 9.59 Å². The number of ether oxygens (including phenoxy) is 1. The summed E-state index contributed by atoms with van der Waals surface area (Å²) in [7, 11) is 3.62. The maximum Gasteiger partial charge on any atom is 0.237 e. The monoisotopic (exact) mass is 268 g/mol. The van der Waals surface area contributed by atoms with Crippen molar-refractivity contribution in [1.29, 1.82) is 0 Å². The highest BCUT2D eigenvalue weighted by molar-refractivity contribution is 6.05. The van der Waals surface area contributed by atoms with Gasteiger partial charge in [0.15, 0.2) is 0 Å². The van der Waals surface area contributed by atoms with E-state index >= 15 is 0 Å². The molecule has 2 fully saturated rings. The Morgan fingerprint density at radius 3 is 2.63 bits per heavy atom. The molecule has 0 radical (unpaired) electrons. The van der Waals surface area contributed by atoms with Crippen molar-refractivity contribution in [3.05, 3.63) is 0 Å². The molecule has 5 heteroatoms. The Morgan fingerprint density at radius 2 is 2.00 bits per heavy atom. The number of carbonyl (C=O) groups excluding carboxylic acids is 2. The van der Waals surface area contributed by atoms with E-state index in [4.69, 9.17) is 4.74 Å². The number of rotatable bonds is 6. The van der Waals surface area contributed by atoms with Crippen molar-refractivity contribution in [2.24, 2.45) is 5.41 Å². The molecule has 0 bridgehead atoms. The Kier molecular flexibility index (Phi) is 4.58. The summed E-state index contributed by atoms with van der Waals surface area (Å²) in [5, 5.41) is 0. The Labute approximate surface area is 114 Å². The summed E-state index contributed by atoms with van der Waals surface area (Å²) in [5.74, 6) is 0.0686. The number of hydrogen-bond donors (Lipinski definition) is 0. The quantitative estimate of drug-likeness (QED) is 0.537. The highest BCUT2D eigenvalue weighted by atomic mass is 16.5. The second-order valence-corrected chi connectivity index (χ2v) is 5.86. The van der Waals surface area contributed by atoms with Gasteiger partial charge in [-0.2, -0.15) is 0 Å². The minimum absolute atomic E-state index is 0.00508. The van der Waals surface area contributed by atoms with E-state index in [-0.39, 0.29) is 17.2 Å². The van der Waals surface area contributed by atoms with Gasteiger partial charge in [0.1, 0.15) is 0 Å². The highest BCUT2D eigenvalue weighted by Gasteiger charge is 2.52. The lowest BCUT2D eigenvalue weighted by Gasteiger charge is -2.25. The third-order valence-electron chi connectivity index (χ3n) is 4.32. The molecule has 1 aliphatic carbocycles. The second kappa shape index (κ2) is 6.01. The molecule has 0 aromatic carbocycles. The van der Waals surface area contributed by atoms with Crippen LogP contribution < -0.4 is 0 Å². The van der Waals surface area contributed by atoms with Gasteiger partial charge in [-0.05, 0) is 26.3 Å². The van der Waals surface area contributed by atoms with Crippen LogP contribution in [-0.4, -0.2) is 55.6 Å². The average Bonchev–Trinajstić information content (AvgIpc) is 2.92. The summed E-state index contributed by atoms with van der Waals surface area (Å²) in [6, 6.07) is 0. The third kappa shape index (κ3) is 2.98. The molecule has 0 aromatic rings. The lowest BCUT2D eigenvalue weighted by atomic mass is 9.85. The summed E-state index contributed by atoms with van der Waals surface area (Å²) < 4.78 is 5.01. The molecule has 0 unspecified atom stereocenters. The van der Waals surface area contributed by atoms with Gasteiger partial charge in [0.05, 0.1) is 12.1 Å². The predicted octanol–water partition coefficient (Wildman–Crippen LogP) is 1.23. The minimum Gasteiger partial charge on any atom is -0.385 e. The SMILES string of the molecule is COCCCN(C)CN1C(=O)CC2(CCCC2)C1=O. The first-order chi connectivity index (χ1) is 9.09. The lowest BCUT2D eigenvalue weighted by molar-refractivity contribution is -0.143. The van der Waals surface area contributed by atoms with Gasteiger partial charge in [-0.1, -0.05) is 12.8 Å². The molecule has 0 atom stereocenters. The largest absolute Gasteiger partial charge is 0.385 e. The van der Waals surface area contributed by atoms with Crippen LogP contribution in [-0.2, 0) is 14.3 Å². The number of methoxy groups -OCH3 is 1. The first-order valence-electron chi connectivity index (χ1n) is 7.11. The minimum atomic E-state index is -0.343. The topological polar surface area (TPSA) is 49.9 Å². The number of amides is 2. The molecule has 2 amide bonds. The molecular formula is C14H24N2O3. The van der Waals surface area contributed by atoms with Crippen LogP contribution in [0.3, 0.4) is 0 Å². The van der Waals surface area contributed by atoms with Crippen LogP contribution in [0.1, 0.15) is 38.5 Å². The van der Waals surface area contributed by atoms with Gasteiger partial charge < -0.3 is 4.74 Å². The summed E-state index contributed by atoms with van der Waals surface area (Å²) >= 11 is 0. The van der Waals surface area contributed by atoms with E-state index in [2.05, 4.69) is 0 Å². The van der Waals surface area contributed by atoms with Crippen molar-refractivity contribution in [2.45, 2.75) is 38.5 Å². The number of imide groups is 1. The van der Waals surface area contributed by atoms with E-state index in [0.29, 0.717) is 19.7 Å². The van der Waals surface area contributed by atoms with Gasteiger partial charge >= 0.3 is 0 Å². The summed E-state index contributed by atoms with van der Waals surface area (Å²) in [4.78, 5) is 28.0. The molecule has 1 saturated heterocycles. The zero-order valence-electron chi connectivity index (χ0n) is 12.0. The van der Waals surface area contributed by atoms with Crippen molar-refractivity contribution < 1.29 is 14.3 Å². The van der Waals surface area contributed by atoms with Gasteiger partial charge in [-0.25, -0.2) is 0 Å². The predicted molar refractivity (Wildman–Crippen MR) is 71.4 cm³/mol. The first kappa shape index (κ1) is 14.5. The van der Waals surface area contributed by atoms with Crippen LogP contribution in [0.5, 0.6) is 0 Å². The molecule has 1 heterocycles. The van der Waals surface area contributed by atoms with E-state index in [1.165, 1.54) is 4.90 Å². The number of carbonyl (C=O) groups is 2. The molecule has 108 valence electrons. The van der Waals surface area contributed by atoms with Gasteiger partial charge in [0.2, 0.25) is 11.8 Å². The van der Waals surface area contributed by atoms with Crippen LogP contribution in [0, 0.1) is 5.41 Å². The smallest absolute Gasteiger partial charge is 0.237 e. The van der Waals surface area contributed by atoms with E-state index in [1.54, 1.807) is 7.11 Å². The lowest BCUT2D eigenvalue weighted by Crippen LogP contribution is -2.42. The molecule has 5 nitrogen and oxygen atoms in total. The Balaban J connectivity index is 1.90. The van der Waals surface area contributed by atoms with Gasteiger partial charge in [0.25, 0.3) is 0 Å². The van der Waals surface area contributed by atoms with Crippen LogP contribution >= 0.6 is 0 Å². The first-order valence-corrected chi connectivity index (χ1v) is 7.11. The maximum absolute atomic E-state index is 12.5. The highest BCUT2D eigenvalue weighted by Crippen LogP contribution is 2.46. The molecule has 2 rings (SSSR count). The summed E-state index contributed by atoms with van der Waals surface area (Å²) in [5.41, 5.74) is -0.343. The number of nitrogens with zero attached hydrogens (tertiary/aromatic N) is 2. The normalized spacial score (nSPS) is 22.2. The standard InChI is InChI=1S/C14H24N2O3/c1-15(8-5-9-19-2)11-16-12(17)10-14(13(16)18)6-3-4-7-14/h3-11H2,1-2H3. The van der Waals surface area contributed by atoms with Crippen molar-refractivity contribution in [1.82, 2.24) is 9.80 Å². The van der Waals surface area contributed by atoms with E-state index < -0.39 is 0 Å². The van der Waals surface area contributed by atoms with Gasteiger partial charge in [0, 0.05) is 26.7 Å². The number of hydrogen-bond acceptors (Lipinski definition) is 4. The van der Waals surface area contributed by atoms with Crippen molar-refractivity contribution in [3.63, 3.8) is 0 Å². The third-order valence-corrected chi connectivity index (χ3v) is 4.32. The molecule has 19 heavy (non-hydrogen) atoms. The molecule has 1 spiro atoms. The van der Waals surface area contributed by atoms with E-state index in [1.807, 2.05) is 11.9 Å². The molecule has 1 saturated carbocycles. The molecular weight excluding hydrogens is 244 g/mol. The zero-order chi connectivity index (χ0) is 13.9. The van der Waals surface area contributed by atoms with Crippen LogP contribution in [0.2, 0.25) is 0 Å². The van der Waals surface area contributed by atoms with E-state index in [0.717, 1.165) is 38.6 Å². The van der Waals surface area contributed by atoms with Crippen molar-refractivity contribution >= 4 is 11.8 Å². The molecule has 1 aliphatic heterocycles. The van der Waals surface area contributed by atoms with Gasteiger partial charge in [-0.3, -0.25) is 19.4 Å². The van der Waals surface area contributed by atoms with Crippen molar-refractivity contribution in [3.8, 4) is 0 Å². The van der Waals surface area contributed by atoms with Crippen LogP contribution in [0.25, 0.3) is 0 Å². The zero-order valence-corrected chi connectivity index (χ0v) is 12.0. The summed E-state index contributed by atoms with van der Waals surface area (Å²) in [6.45, 7) is 1.96. The fourth-order valence-corrected chi connectivity index (χ4v) is 3.24. The van der Waals surface area contributed by atoms with Crippen molar-refractivity contribution in [2.75, 3.05) is 34.0 Å². The molecule has 0 aromatic heterocycles. The Hall–Kier alpha value is -0.940. The average molecular weight is 268 g/mol. The van der Waals surface area contributed by atoms with Gasteiger partial charge in [-0.15, -0.1) is 0 Å². The summed E-state index contributed by atoms with van der Waals surface area (Å²) in [6.07, 6.45) is 5.28. The fourth-order valence-electron chi connectivity index (χ4n) is 3.24. The second-order valence-electron chi connectivity index (χ2n) is 5.86. The molecule has 2 aliphatic rings. The molecule has 0 N–H and O–H groups in total. The number of likely N-dealkylation sites (tertiary alicyclic amines) is 1.